The highest BCUT2D eigenvalue weighted by molar-refractivity contribution is 5.27. The third-order valence-electron chi connectivity index (χ3n) is 2.72. The van der Waals surface area contributed by atoms with Crippen LogP contribution in [0.4, 0.5) is 0 Å². The Hall–Kier alpha value is -1.53. The van der Waals surface area contributed by atoms with Gasteiger partial charge in [-0.2, -0.15) is 5.26 Å². The molecule has 1 rings (SSSR count). The number of ether oxygens (including phenoxy) is 1. The Labute approximate surface area is 110 Å². The lowest BCUT2D eigenvalue weighted by Crippen LogP contribution is -2.27. The summed E-state index contributed by atoms with van der Waals surface area (Å²) in [5.41, 5.74) is 1.21. The largest absolute Gasteiger partial charge is 0.491 e. The van der Waals surface area contributed by atoms with Crippen molar-refractivity contribution in [3.63, 3.8) is 0 Å². The molecule has 0 aromatic heterocycles. The molecule has 0 aliphatic rings. The third kappa shape index (κ3) is 5.20. The molecule has 98 valence electrons. The minimum Gasteiger partial charge on any atom is -0.491 e. The van der Waals surface area contributed by atoms with Crippen LogP contribution in [0.3, 0.4) is 0 Å². The molecule has 18 heavy (non-hydrogen) atoms. The van der Waals surface area contributed by atoms with E-state index in [1.807, 2.05) is 26.0 Å². The first-order valence-electron chi connectivity index (χ1n) is 6.51. The van der Waals surface area contributed by atoms with Crippen LogP contribution in [-0.4, -0.2) is 12.1 Å². The fourth-order valence-electron chi connectivity index (χ4n) is 1.69. The van der Waals surface area contributed by atoms with Crippen molar-refractivity contribution < 1.29 is 4.74 Å². The second-order valence-electron chi connectivity index (χ2n) is 4.66. The molecular formula is C15H22N2O. The Balaban J connectivity index is 2.46. The zero-order valence-corrected chi connectivity index (χ0v) is 11.4. The van der Waals surface area contributed by atoms with Crippen molar-refractivity contribution in [3.8, 4) is 11.8 Å². The van der Waals surface area contributed by atoms with Crippen molar-refractivity contribution in [1.82, 2.24) is 5.32 Å². The van der Waals surface area contributed by atoms with Crippen LogP contribution >= 0.6 is 0 Å². The van der Waals surface area contributed by atoms with Gasteiger partial charge in [-0.3, -0.25) is 0 Å². The molecular weight excluding hydrogens is 224 g/mol. The fourth-order valence-corrected chi connectivity index (χ4v) is 1.69. The third-order valence-corrected chi connectivity index (χ3v) is 2.72. The molecule has 1 unspecified atom stereocenters. The average molecular weight is 246 g/mol. The maximum absolute atomic E-state index is 8.68. The zero-order valence-electron chi connectivity index (χ0n) is 11.4. The van der Waals surface area contributed by atoms with E-state index >= 15 is 0 Å². The Morgan fingerprint density at radius 1 is 1.28 bits per heavy atom. The van der Waals surface area contributed by atoms with Gasteiger partial charge in [-0.15, -0.1) is 0 Å². The first-order chi connectivity index (χ1) is 8.65. The molecule has 0 amide bonds. The van der Waals surface area contributed by atoms with Crippen LogP contribution in [0, 0.1) is 11.3 Å². The molecule has 0 aliphatic heterocycles. The number of nitrogens with one attached hydrogen (secondary N) is 1. The molecule has 1 aromatic carbocycles. The molecule has 0 radical (unpaired) electrons. The van der Waals surface area contributed by atoms with Gasteiger partial charge in [0.25, 0.3) is 0 Å². The summed E-state index contributed by atoms with van der Waals surface area (Å²) in [6.07, 6.45) is 1.74. The smallest absolute Gasteiger partial charge is 0.119 e. The summed E-state index contributed by atoms with van der Waals surface area (Å²) in [5, 5.41) is 12.1. The summed E-state index contributed by atoms with van der Waals surface area (Å²) in [6, 6.07) is 10.6. The van der Waals surface area contributed by atoms with Gasteiger partial charge in [0.1, 0.15) is 5.75 Å². The Bertz CT molecular complexity index is 378. The van der Waals surface area contributed by atoms with Crippen LogP contribution in [-0.2, 0) is 6.54 Å². The maximum Gasteiger partial charge on any atom is 0.119 e. The Morgan fingerprint density at radius 3 is 2.44 bits per heavy atom. The van der Waals surface area contributed by atoms with E-state index in [2.05, 4.69) is 30.4 Å². The number of nitriles is 1. The van der Waals surface area contributed by atoms with Crippen LogP contribution in [0.1, 0.15) is 39.2 Å². The normalized spacial score (nSPS) is 12.2. The second-order valence-corrected chi connectivity index (χ2v) is 4.66. The molecule has 1 N–H and O–H groups in total. The van der Waals surface area contributed by atoms with Crippen molar-refractivity contribution in [1.29, 1.82) is 5.26 Å². The summed E-state index contributed by atoms with van der Waals surface area (Å²) in [7, 11) is 0. The molecule has 3 heteroatoms. The van der Waals surface area contributed by atoms with Crippen LogP contribution in [0.5, 0.6) is 5.75 Å². The van der Waals surface area contributed by atoms with Gasteiger partial charge in [-0.05, 0) is 38.0 Å². The quantitative estimate of drug-likeness (QED) is 0.803. The van der Waals surface area contributed by atoms with Gasteiger partial charge in [0, 0.05) is 12.6 Å². The predicted octanol–water partition coefficient (Wildman–Crippen LogP) is 3.26. The van der Waals surface area contributed by atoms with Crippen molar-refractivity contribution >= 4 is 0 Å². The summed E-state index contributed by atoms with van der Waals surface area (Å²) in [4.78, 5) is 0. The molecule has 1 aromatic rings. The van der Waals surface area contributed by atoms with Crippen LogP contribution in [0.15, 0.2) is 24.3 Å². The number of nitrogens with zero attached hydrogens (tertiary/aromatic N) is 1. The van der Waals surface area contributed by atoms with E-state index in [9.17, 15) is 0 Å². The molecule has 0 heterocycles. The number of benzene rings is 1. The van der Waals surface area contributed by atoms with Gasteiger partial charge < -0.3 is 10.1 Å². The van der Waals surface area contributed by atoms with E-state index in [4.69, 9.17) is 10.00 Å². The summed E-state index contributed by atoms with van der Waals surface area (Å²) >= 11 is 0. The van der Waals surface area contributed by atoms with Gasteiger partial charge in [0.15, 0.2) is 0 Å². The number of hydrogen-bond donors (Lipinski definition) is 1. The van der Waals surface area contributed by atoms with Gasteiger partial charge in [0.05, 0.1) is 18.6 Å². The molecule has 1 atom stereocenters. The van der Waals surface area contributed by atoms with E-state index in [-0.39, 0.29) is 12.1 Å². The first-order valence-corrected chi connectivity index (χ1v) is 6.51. The summed E-state index contributed by atoms with van der Waals surface area (Å²) in [6.45, 7) is 6.92. The van der Waals surface area contributed by atoms with Gasteiger partial charge in [-0.1, -0.05) is 19.1 Å². The van der Waals surface area contributed by atoms with Crippen LogP contribution in [0.25, 0.3) is 0 Å². The fraction of sp³-hybridized carbons (Fsp3) is 0.533. The van der Waals surface area contributed by atoms with Crippen molar-refractivity contribution in [2.45, 2.75) is 52.3 Å². The van der Waals surface area contributed by atoms with E-state index in [0.717, 1.165) is 18.7 Å². The molecule has 0 spiro atoms. The van der Waals surface area contributed by atoms with Crippen LogP contribution in [0.2, 0.25) is 0 Å². The monoisotopic (exact) mass is 246 g/mol. The number of hydrogen-bond acceptors (Lipinski definition) is 3. The van der Waals surface area contributed by atoms with Crippen molar-refractivity contribution in [2.24, 2.45) is 0 Å². The van der Waals surface area contributed by atoms with Gasteiger partial charge >= 0.3 is 0 Å². The number of rotatable bonds is 7. The standard InChI is InChI=1S/C15H22N2O/c1-4-14(9-10-16)17-11-13-5-7-15(8-6-13)18-12(2)3/h5-8,12,14,17H,4,9,11H2,1-3H3. The van der Waals surface area contributed by atoms with Crippen molar-refractivity contribution in [2.75, 3.05) is 0 Å². The predicted molar refractivity (Wildman–Crippen MR) is 73.4 cm³/mol. The van der Waals surface area contributed by atoms with Crippen molar-refractivity contribution in [3.05, 3.63) is 29.8 Å². The molecule has 0 saturated heterocycles. The minimum atomic E-state index is 0.203. The van der Waals surface area contributed by atoms with E-state index in [1.165, 1.54) is 5.56 Å². The van der Waals surface area contributed by atoms with Gasteiger partial charge in [-0.25, -0.2) is 0 Å². The Kier molecular flexibility index (Phi) is 6.24. The topological polar surface area (TPSA) is 45.0 Å². The molecule has 0 saturated carbocycles. The highest BCUT2D eigenvalue weighted by Gasteiger charge is 2.04. The maximum atomic E-state index is 8.68. The molecule has 0 bridgehead atoms. The molecule has 0 fully saturated rings. The van der Waals surface area contributed by atoms with E-state index in [1.54, 1.807) is 0 Å². The lowest BCUT2D eigenvalue weighted by Gasteiger charge is -2.14. The van der Waals surface area contributed by atoms with Crippen LogP contribution < -0.4 is 10.1 Å². The minimum absolute atomic E-state index is 0.203. The summed E-state index contributed by atoms with van der Waals surface area (Å²) < 4.78 is 5.59. The summed E-state index contributed by atoms with van der Waals surface area (Å²) in [5.74, 6) is 0.901. The second kappa shape index (κ2) is 7.73. The lowest BCUT2D eigenvalue weighted by molar-refractivity contribution is 0.242. The highest BCUT2D eigenvalue weighted by Crippen LogP contribution is 2.14. The van der Waals surface area contributed by atoms with E-state index < -0.39 is 0 Å². The average Bonchev–Trinajstić information content (AvgIpc) is 2.35. The lowest BCUT2D eigenvalue weighted by atomic mass is 10.1. The molecule has 3 nitrogen and oxygen atoms in total. The zero-order chi connectivity index (χ0) is 13.4. The first kappa shape index (κ1) is 14.5. The molecule has 0 aliphatic carbocycles. The Morgan fingerprint density at radius 2 is 1.94 bits per heavy atom. The highest BCUT2D eigenvalue weighted by atomic mass is 16.5. The SMILES string of the molecule is CCC(CC#N)NCc1ccc(OC(C)C)cc1. The van der Waals surface area contributed by atoms with E-state index in [0.29, 0.717) is 6.42 Å². The van der Waals surface area contributed by atoms with Gasteiger partial charge in [0.2, 0.25) is 0 Å².